The number of fused-ring (bicyclic) bond motifs is 25. The first-order chi connectivity index (χ1) is 42.2. The average molecular weight is 2010 g/mol. The number of pyridine rings is 5. The summed E-state index contributed by atoms with van der Waals surface area (Å²) in [6, 6.07) is 112. The van der Waals surface area contributed by atoms with Crippen molar-refractivity contribution in [2.45, 2.75) is 32.7 Å². The van der Waals surface area contributed by atoms with Gasteiger partial charge in [0.15, 0.2) is 36.7 Å². The third-order valence-electron chi connectivity index (χ3n) is 17.4. The molecule has 0 spiro atoms. The van der Waals surface area contributed by atoms with Gasteiger partial charge >= 0.3 is 0 Å². The van der Waals surface area contributed by atoms with Crippen molar-refractivity contribution in [1.29, 1.82) is 0 Å². The molecule has 5 nitrogen and oxygen atoms in total. The Morgan fingerprint density at radius 3 is 1.36 bits per heavy atom. The van der Waals surface area contributed by atoms with Crippen molar-refractivity contribution in [3.8, 4) is 56.3 Å². The Morgan fingerprint density at radius 2 is 0.667 bits per heavy atom. The van der Waals surface area contributed by atoms with Gasteiger partial charge in [0.05, 0.1) is 11.1 Å². The molecule has 0 amide bonds. The standard InChI is InChI=1S/5C16H11N.5W/c5*1-3-7-14-13(6-1)11-17-15-8-4-2-5-12(15)9-10-16(14)17;;;;;/h2-10H,11H2;1-4,6-10H,11H2;1-5,7-10H,11H2;1-6,8-10H,11H2;1-7,9-10H,11H2;;;;;. The zero-order valence-corrected chi connectivity index (χ0v) is 63.5. The zero-order valence-electron chi connectivity index (χ0n) is 48.8. The maximum Gasteiger partial charge on any atom is 0.212 e. The molecule has 0 fully saturated rings. The van der Waals surface area contributed by atoms with Crippen molar-refractivity contribution in [2.24, 2.45) is 0 Å². The van der Waals surface area contributed by atoms with Gasteiger partial charge in [-0.2, -0.15) is 71.3 Å². The molecule has 0 aliphatic carbocycles. The van der Waals surface area contributed by atoms with Gasteiger partial charge < -0.3 is 0 Å². The number of aromatic nitrogens is 5. The van der Waals surface area contributed by atoms with Crippen molar-refractivity contribution in [1.82, 2.24) is 0 Å². The van der Waals surface area contributed by atoms with E-state index in [2.05, 4.69) is 290 Å². The van der Waals surface area contributed by atoms with Crippen LogP contribution in [-0.2, 0) is 138 Å². The second-order valence-electron chi connectivity index (χ2n) is 22.2. The van der Waals surface area contributed by atoms with Crippen LogP contribution in [0.3, 0.4) is 0 Å². The minimum absolute atomic E-state index is 0. The van der Waals surface area contributed by atoms with Crippen molar-refractivity contribution < 1.29 is 128 Å². The first-order valence-corrected chi connectivity index (χ1v) is 29.2. The predicted octanol–water partition coefficient (Wildman–Crippen LogP) is 14.8. The van der Waals surface area contributed by atoms with Gasteiger partial charge in [-0.25, -0.2) is 18.3 Å². The van der Waals surface area contributed by atoms with E-state index >= 15 is 0 Å². The van der Waals surface area contributed by atoms with E-state index < -0.39 is 0 Å². The monoisotopic (exact) mass is 2010 g/mol. The van der Waals surface area contributed by atoms with E-state index in [1.807, 2.05) is 36.4 Å². The number of hydrogen-bond donors (Lipinski definition) is 0. The van der Waals surface area contributed by atoms with Crippen LogP contribution in [0.1, 0.15) is 27.8 Å². The minimum atomic E-state index is 0. The third kappa shape index (κ3) is 11.9. The number of para-hydroxylation sites is 4. The van der Waals surface area contributed by atoms with E-state index in [4.69, 9.17) is 0 Å². The number of benzene rings is 10. The zero-order chi connectivity index (χ0) is 56.2. The largest absolute Gasteiger partial charge is 0.236 e. The van der Waals surface area contributed by atoms with E-state index in [-0.39, 0.29) is 105 Å². The average Bonchev–Trinajstić information content (AvgIpc) is 1.74. The van der Waals surface area contributed by atoms with Gasteiger partial charge in [0.25, 0.3) is 0 Å². The van der Waals surface area contributed by atoms with Crippen molar-refractivity contribution >= 4 is 54.5 Å². The van der Waals surface area contributed by atoms with Crippen LogP contribution in [0.5, 0.6) is 0 Å². The third-order valence-corrected chi connectivity index (χ3v) is 17.4. The summed E-state index contributed by atoms with van der Waals surface area (Å²) in [5.74, 6) is 0. The molecule has 5 aliphatic rings. The SMILES string of the molecule is [W].[W].[W].[W].[W].[c-]1ccc2c(c1)C[n+]1c-2ccc2ccccc21.[c-]1cccc2c1-c1ccc3ccccc3[n+]1C2.[c-]1cccc2c1C[n+]1c-2ccc2ccccc21.[c-]1cccc2c1ccc1[n+]2Cc2ccccc2-1.[c-]1cccc2ccc3[n+](c12)Cc1ccccc1-3. The van der Waals surface area contributed by atoms with Crippen LogP contribution in [0.2, 0.25) is 0 Å². The smallest absolute Gasteiger partial charge is 0.212 e. The Balaban J connectivity index is 0.000000114. The fraction of sp³-hybridized carbons (Fsp3) is 0.0625. The fourth-order valence-corrected chi connectivity index (χ4v) is 13.4. The summed E-state index contributed by atoms with van der Waals surface area (Å²) in [5, 5.41) is 6.33. The molecule has 0 bridgehead atoms. The van der Waals surface area contributed by atoms with E-state index in [0.29, 0.717) is 0 Å². The molecule has 0 N–H and O–H groups in total. The van der Waals surface area contributed by atoms with Crippen LogP contribution >= 0.6 is 0 Å². The van der Waals surface area contributed by atoms with Crippen LogP contribution in [-0.4, -0.2) is 0 Å². The molecular formula is C80H55N5W5. The van der Waals surface area contributed by atoms with E-state index in [9.17, 15) is 0 Å². The Morgan fingerprint density at radius 1 is 0.256 bits per heavy atom. The van der Waals surface area contributed by atoms with Gasteiger partial charge in [0.1, 0.15) is 29.8 Å². The molecule has 0 radical (unpaired) electrons. The molecule has 20 rings (SSSR count). The number of nitrogens with zero attached hydrogens (tertiary/aromatic N) is 5. The fourth-order valence-electron chi connectivity index (χ4n) is 13.4. The molecule has 0 saturated heterocycles. The molecule has 10 heterocycles. The summed E-state index contributed by atoms with van der Waals surface area (Å²) in [5.41, 5.74) is 26.3. The number of rotatable bonds is 0. The quantitative estimate of drug-likeness (QED) is 0.106. The molecule has 10 aromatic carbocycles. The van der Waals surface area contributed by atoms with Crippen LogP contribution in [0.25, 0.3) is 111 Å². The van der Waals surface area contributed by atoms with E-state index in [0.717, 1.165) is 32.7 Å². The van der Waals surface area contributed by atoms with Crippen LogP contribution in [0.15, 0.2) is 273 Å². The summed E-state index contributed by atoms with van der Waals surface area (Å²) in [7, 11) is 0. The van der Waals surface area contributed by atoms with Gasteiger partial charge in [-0.05, 0) is 66.7 Å². The second kappa shape index (κ2) is 28.1. The van der Waals surface area contributed by atoms with E-state index in [1.54, 1.807) is 0 Å². The molecule has 5 aromatic heterocycles. The molecule has 0 unspecified atom stereocenters. The Kier molecular flexibility index (Phi) is 20.0. The second-order valence-corrected chi connectivity index (χ2v) is 22.2. The van der Waals surface area contributed by atoms with Crippen molar-refractivity contribution in [3.05, 3.63) is 331 Å². The predicted molar refractivity (Wildman–Crippen MR) is 338 cm³/mol. The van der Waals surface area contributed by atoms with Crippen LogP contribution < -0.4 is 22.8 Å². The molecule has 0 saturated carbocycles. The molecular weight excluding hydrogens is 1950 g/mol. The Hall–Kier alpha value is -7.31. The van der Waals surface area contributed by atoms with Crippen LogP contribution in [0.4, 0.5) is 0 Å². The molecule has 430 valence electrons. The van der Waals surface area contributed by atoms with Gasteiger partial charge in [-0.1, -0.05) is 135 Å². The summed E-state index contributed by atoms with van der Waals surface area (Å²) in [6.07, 6.45) is 0. The number of hydrogen-bond acceptors (Lipinski definition) is 0. The maximum absolute atomic E-state index is 3.35. The minimum Gasteiger partial charge on any atom is -0.236 e. The topological polar surface area (TPSA) is 19.4 Å². The van der Waals surface area contributed by atoms with Gasteiger partial charge in [-0.3, -0.25) is 0 Å². The molecule has 5 aliphatic heterocycles. The van der Waals surface area contributed by atoms with Crippen molar-refractivity contribution in [2.75, 3.05) is 0 Å². The summed E-state index contributed by atoms with van der Waals surface area (Å²) in [6.45, 7) is 4.80. The van der Waals surface area contributed by atoms with E-state index in [1.165, 1.54) is 139 Å². The van der Waals surface area contributed by atoms with Gasteiger partial charge in [0.2, 0.25) is 22.2 Å². The maximum atomic E-state index is 3.35. The molecule has 90 heavy (non-hydrogen) atoms. The Labute approximate surface area is 596 Å². The van der Waals surface area contributed by atoms with Crippen molar-refractivity contribution in [3.63, 3.8) is 0 Å². The Bertz CT molecular complexity index is 4420. The first-order valence-electron chi connectivity index (χ1n) is 29.2. The summed E-state index contributed by atoms with van der Waals surface area (Å²) < 4.78 is 11.8. The van der Waals surface area contributed by atoms with Crippen LogP contribution in [0, 0.1) is 30.3 Å². The van der Waals surface area contributed by atoms with Gasteiger partial charge in [0, 0.05) is 157 Å². The van der Waals surface area contributed by atoms with Gasteiger partial charge in [-0.15, -0.1) is 54.6 Å². The first kappa shape index (κ1) is 64.2. The molecule has 10 heteroatoms. The summed E-state index contributed by atoms with van der Waals surface area (Å²) >= 11 is 0. The molecule has 15 aromatic rings. The molecule has 0 atom stereocenters. The summed E-state index contributed by atoms with van der Waals surface area (Å²) in [4.78, 5) is 0. The normalized spacial score (nSPS) is 11.8.